The molecule has 2 aromatic rings. The molecule has 0 radical (unpaired) electrons. The number of nitrogens with zero attached hydrogens (tertiary/aromatic N) is 2. The Morgan fingerprint density at radius 2 is 1.95 bits per heavy atom. The molecule has 1 aromatic carbocycles. The van der Waals surface area contributed by atoms with Gasteiger partial charge in [0.15, 0.2) is 0 Å². The van der Waals surface area contributed by atoms with Gasteiger partial charge in [0.05, 0.1) is 30.0 Å². The van der Waals surface area contributed by atoms with Gasteiger partial charge in [-0.3, -0.25) is 14.8 Å². The van der Waals surface area contributed by atoms with E-state index in [1.165, 1.54) is 0 Å². The third kappa shape index (κ3) is 4.10. The Morgan fingerprint density at radius 3 is 2.57 bits per heavy atom. The van der Waals surface area contributed by atoms with Crippen molar-refractivity contribution in [2.45, 2.75) is 26.4 Å². The van der Waals surface area contributed by atoms with Crippen molar-refractivity contribution in [3.05, 3.63) is 59.7 Å². The van der Waals surface area contributed by atoms with Crippen LogP contribution >= 0.6 is 0 Å². The molecular weight excluding hydrogens is 264 g/mol. The predicted molar refractivity (Wildman–Crippen MR) is 81.2 cm³/mol. The number of benzene rings is 1. The number of hydrogen-bond donors (Lipinski definition) is 2. The summed E-state index contributed by atoms with van der Waals surface area (Å²) >= 11 is 0. The van der Waals surface area contributed by atoms with Gasteiger partial charge in [0.2, 0.25) is 5.91 Å². The van der Waals surface area contributed by atoms with Crippen molar-refractivity contribution in [2.75, 3.05) is 0 Å². The fraction of sp³-hybridized carbons (Fsp3) is 0.312. The summed E-state index contributed by atoms with van der Waals surface area (Å²) in [6.07, 6.45) is 3.35. The van der Waals surface area contributed by atoms with Gasteiger partial charge in [0.25, 0.3) is 0 Å². The molecule has 0 bridgehead atoms. The van der Waals surface area contributed by atoms with Crippen LogP contribution in [-0.2, 0) is 11.3 Å². The van der Waals surface area contributed by atoms with E-state index in [9.17, 15) is 4.79 Å². The number of nitrogens with two attached hydrogens (primary N) is 1. The van der Waals surface area contributed by atoms with Gasteiger partial charge in [0, 0.05) is 12.2 Å². The molecule has 2 atom stereocenters. The van der Waals surface area contributed by atoms with Crippen molar-refractivity contribution in [3.8, 4) is 0 Å². The molecule has 0 aliphatic heterocycles. The number of aromatic nitrogens is 2. The third-order valence-corrected chi connectivity index (χ3v) is 3.41. The van der Waals surface area contributed by atoms with Crippen LogP contribution in [0.3, 0.4) is 0 Å². The van der Waals surface area contributed by atoms with Gasteiger partial charge < -0.3 is 11.1 Å². The van der Waals surface area contributed by atoms with Crippen LogP contribution in [0.25, 0.3) is 0 Å². The Labute approximate surface area is 124 Å². The molecule has 0 spiro atoms. The van der Waals surface area contributed by atoms with Crippen molar-refractivity contribution in [3.63, 3.8) is 0 Å². The summed E-state index contributed by atoms with van der Waals surface area (Å²) in [4.78, 5) is 20.5. The summed E-state index contributed by atoms with van der Waals surface area (Å²) in [6.45, 7) is 4.06. The number of rotatable bonds is 5. The Hall–Kier alpha value is -2.27. The first kappa shape index (κ1) is 15.1. The zero-order valence-electron chi connectivity index (χ0n) is 12.3. The molecular formula is C16H20N4O. The van der Waals surface area contributed by atoms with Gasteiger partial charge in [-0.25, -0.2) is 0 Å². The lowest BCUT2D eigenvalue weighted by Crippen LogP contribution is -2.35. The maximum Gasteiger partial charge on any atom is 0.225 e. The molecule has 2 rings (SSSR count). The van der Waals surface area contributed by atoms with E-state index < -0.39 is 0 Å². The van der Waals surface area contributed by atoms with Gasteiger partial charge in [-0.15, -0.1) is 0 Å². The molecule has 1 heterocycles. The van der Waals surface area contributed by atoms with Crippen LogP contribution in [0, 0.1) is 12.8 Å². The minimum atomic E-state index is -0.324. The summed E-state index contributed by atoms with van der Waals surface area (Å²) in [5.74, 6) is -0.403. The number of aryl methyl sites for hydroxylation is 1. The first-order valence-corrected chi connectivity index (χ1v) is 6.93. The highest BCUT2D eigenvalue weighted by molar-refractivity contribution is 5.79. The zero-order valence-corrected chi connectivity index (χ0v) is 12.3. The molecule has 5 heteroatoms. The van der Waals surface area contributed by atoms with Gasteiger partial charge in [0.1, 0.15) is 0 Å². The molecule has 3 N–H and O–H groups in total. The summed E-state index contributed by atoms with van der Waals surface area (Å²) in [6, 6.07) is 9.30. The summed E-state index contributed by atoms with van der Waals surface area (Å²) < 4.78 is 0. The normalized spacial score (nSPS) is 13.5. The lowest BCUT2D eigenvalue weighted by Gasteiger charge is -2.19. The van der Waals surface area contributed by atoms with E-state index in [4.69, 9.17) is 5.73 Å². The molecule has 5 nitrogen and oxygen atoms in total. The Bertz CT molecular complexity index is 583. The van der Waals surface area contributed by atoms with E-state index >= 15 is 0 Å². The largest absolute Gasteiger partial charge is 0.350 e. The van der Waals surface area contributed by atoms with E-state index in [0.29, 0.717) is 6.54 Å². The number of carbonyl (C=O) groups is 1. The van der Waals surface area contributed by atoms with Gasteiger partial charge in [-0.2, -0.15) is 0 Å². The van der Waals surface area contributed by atoms with Crippen LogP contribution in [0.5, 0.6) is 0 Å². The van der Waals surface area contributed by atoms with Crippen LogP contribution in [0.2, 0.25) is 0 Å². The van der Waals surface area contributed by atoms with Crippen LogP contribution < -0.4 is 11.1 Å². The maximum atomic E-state index is 12.2. The summed E-state index contributed by atoms with van der Waals surface area (Å²) in [5.41, 5.74) is 8.68. The molecule has 0 saturated carbocycles. The summed E-state index contributed by atoms with van der Waals surface area (Å²) in [7, 11) is 0. The first-order valence-electron chi connectivity index (χ1n) is 6.93. The Kier molecular flexibility index (Phi) is 5.00. The average Bonchev–Trinajstić information content (AvgIpc) is 2.53. The molecule has 0 fully saturated rings. The highest BCUT2D eigenvalue weighted by Crippen LogP contribution is 2.19. The third-order valence-electron chi connectivity index (χ3n) is 3.41. The van der Waals surface area contributed by atoms with Crippen LogP contribution in [-0.4, -0.2) is 15.9 Å². The highest BCUT2D eigenvalue weighted by Gasteiger charge is 2.21. The molecule has 2 unspecified atom stereocenters. The van der Waals surface area contributed by atoms with Crippen LogP contribution in [0.4, 0.5) is 0 Å². The van der Waals surface area contributed by atoms with E-state index in [1.54, 1.807) is 12.4 Å². The monoisotopic (exact) mass is 284 g/mol. The molecule has 0 aliphatic carbocycles. The maximum absolute atomic E-state index is 12.2. The number of nitrogens with one attached hydrogen (secondary N) is 1. The van der Waals surface area contributed by atoms with Crippen molar-refractivity contribution < 1.29 is 4.79 Å². The van der Waals surface area contributed by atoms with Crippen molar-refractivity contribution >= 4 is 5.91 Å². The van der Waals surface area contributed by atoms with Crippen molar-refractivity contribution in [1.82, 2.24) is 15.3 Å². The fourth-order valence-corrected chi connectivity index (χ4v) is 1.98. The topological polar surface area (TPSA) is 80.9 Å². The molecule has 1 amide bonds. The van der Waals surface area contributed by atoms with Gasteiger partial charge in [-0.05, 0) is 12.5 Å². The smallest absolute Gasteiger partial charge is 0.225 e. The predicted octanol–water partition coefficient (Wildman–Crippen LogP) is 1.74. The minimum absolute atomic E-state index is 0.0891. The highest BCUT2D eigenvalue weighted by atomic mass is 16.1. The van der Waals surface area contributed by atoms with Gasteiger partial charge in [-0.1, -0.05) is 37.3 Å². The SMILES string of the molecule is Cc1cnc(CNC(=O)C(C)C(N)c2ccccc2)cn1. The number of hydrogen-bond acceptors (Lipinski definition) is 4. The second kappa shape index (κ2) is 6.95. The van der Waals surface area contributed by atoms with Gasteiger partial charge >= 0.3 is 0 Å². The van der Waals surface area contributed by atoms with Crippen LogP contribution in [0.15, 0.2) is 42.7 Å². The summed E-state index contributed by atoms with van der Waals surface area (Å²) in [5, 5.41) is 2.85. The molecule has 110 valence electrons. The number of carbonyl (C=O) groups excluding carboxylic acids is 1. The minimum Gasteiger partial charge on any atom is -0.350 e. The second-order valence-corrected chi connectivity index (χ2v) is 5.09. The average molecular weight is 284 g/mol. The first-order chi connectivity index (χ1) is 10.1. The van der Waals surface area contributed by atoms with Crippen molar-refractivity contribution in [2.24, 2.45) is 11.7 Å². The quantitative estimate of drug-likeness (QED) is 0.876. The zero-order chi connectivity index (χ0) is 15.2. The number of amides is 1. The van der Waals surface area contributed by atoms with Crippen LogP contribution in [0.1, 0.15) is 29.9 Å². The van der Waals surface area contributed by atoms with Crippen molar-refractivity contribution in [1.29, 1.82) is 0 Å². The lowest BCUT2D eigenvalue weighted by atomic mass is 9.95. The Balaban J connectivity index is 1.92. The molecule has 21 heavy (non-hydrogen) atoms. The van der Waals surface area contributed by atoms with E-state index in [0.717, 1.165) is 17.0 Å². The van der Waals surface area contributed by atoms with E-state index in [1.807, 2.05) is 44.2 Å². The second-order valence-electron chi connectivity index (χ2n) is 5.09. The van der Waals surface area contributed by atoms with E-state index in [2.05, 4.69) is 15.3 Å². The van der Waals surface area contributed by atoms with E-state index in [-0.39, 0.29) is 17.9 Å². The molecule has 0 aliphatic rings. The lowest BCUT2D eigenvalue weighted by molar-refractivity contribution is -0.125. The standard InChI is InChI=1S/C16H20N4O/c1-11-8-19-14(9-18-11)10-20-16(21)12(2)15(17)13-6-4-3-5-7-13/h3-9,12,15H,10,17H2,1-2H3,(H,20,21). The molecule has 1 aromatic heterocycles. The molecule has 0 saturated heterocycles. The Morgan fingerprint density at radius 1 is 1.24 bits per heavy atom. The fourth-order valence-electron chi connectivity index (χ4n) is 1.98.